The molecular formula is C22H27NO4. The van der Waals surface area contributed by atoms with Gasteiger partial charge in [0.2, 0.25) is 0 Å². The first kappa shape index (κ1) is 19.1. The molecular weight excluding hydrogens is 342 g/mol. The molecule has 0 radical (unpaired) electrons. The standard InChI is InChI=1S/C22H27NO4/c1-5-15-6-8-16(9-7-15)26-14-21(24)23-19-13-22(2,3)27-20-11-10-17(25-4)12-18(19)20/h6-12,19H,5,13-14H2,1-4H3,(H,23,24)/t19-/m0/s1. The van der Waals surface area contributed by atoms with Crippen molar-refractivity contribution in [2.75, 3.05) is 13.7 Å². The summed E-state index contributed by atoms with van der Waals surface area (Å²) in [5.74, 6) is 2.04. The van der Waals surface area contributed by atoms with Crippen LogP contribution in [0.5, 0.6) is 17.2 Å². The van der Waals surface area contributed by atoms with Gasteiger partial charge in [-0.1, -0.05) is 19.1 Å². The molecule has 2 aromatic rings. The van der Waals surface area contributed by atoms with Crippen LogP contribution in [-0.2, 0) is 11.2 Å². The van der Waals surface area contributed by atoms with Gasteiger partial charge in [-0.25, -0.2) is 0 Å². The van der Waals surface area contributed by atoms with Gasteiger partial charge >= 0.3 is 0 Å². The minimum atomic E-state index is -0.365. The molecule has 1 aliphatic heterocycles. The number of benzene rings is 2. The predicted molar refractivity (Wildman–Crippen MR) is 105 cm³/mol. The summed E-state index contributed by atoms with van der Waals surface area (Å²) in [6, 6.07) is 13.3. The van der Waals surface area contributed by atoms with E-state index in [1.165, 1.54) is 5.56 Å². The lowest BCUT2D eigenvalue weighted by Gasteiger charge is -2.38. The minimum absolute atomic E-state index is 0.0252. The van der Waals surface area contributed by atoms with Gasteiger partial charge in [0.25, 0.3) is 5.91 Å². The molecule has 0 bridgehead atoms. The van der Waals surface area contributed by atoms with E-state index >= 15 is 0 Å². The van der Waals surface area contributed by atoms with Crippen LogP contribution in [0.25, 0.3) is 0 Å². The molecule has 0 fully saturated rings. The van der Waals surface area contributed by atoms with E-state index in [1.807, 2.05) is 56.3 Å². The molecule has 5 nitrogen and oxygen atoms in total. The van der Waals surface area contributed by atoms with Gasteiger partial charge in [-0.2, -0.15) is 0 Å². The number of methoxy groups -OCH3 is 1. The highest BCUT2D eigenvalue weighted by molar-refractivity contribution is 5.78. The zero-order valence-electron chi connectivity index (χ0n) is 16.4. The molecule has 1 heterocycles. The summed E-state index contributed by atoms with van der Waals surface area (Å²) in [6.45, 7) is 6.12. The Morgan fingerprint density at radius 2 is 1.89 bits per heavy atom. The van der Waals surface area contributed by atoms with Crippen molar-refractivity contribution in [1.82, 2.24) is 5.32 Å². The van der Waals surface area contributed by atoms with Crippen LogP contribution in [0.3, 0.4) is 0 Å². The minimum Gasteiger partial charge on any atom is -0.497 e. The molecule has 144 valence electrons. The number of fused-ring (bicyclic) bond motifs is 1. The van der Waals surface area contributed by atoms with Gasteiger partial charge < -0.3 is 19.5 Å². The molecule has 0 aromatic heterocycles. The predicted octanol–water partition coefficient (Wildman–Crippen LogP) is 4.06. The number of carbonyl (C=O) groups excluding carboxylic acids is 1. The molecule has 0 saturated carbocycles. The second-order valence-corrected chi connectivity index (χ2v) is 7.38. The molecule has 1 aliphatic rings. The van der Waals surface area contributed by atoms with E-state index in [-0.39, 0.29) is 24.2 Å². The van der Waals surface area contributed by atoms with Crippen molar-refractivity contribution in [3.8, 4) is 17.2 Å². The average molecular weight is 369 g/mol. The Morgan fingerprint density at radius 3 is 2.56 bits per heavy atom. The SMILES string of the molecule is CCc1ccc(OCC(=O)N[C@H]2CC(C)(C)Oc3ccc(OC)cc32)cc1. The Kier molecular flexibility index (Phi) is 5.59. The molecule has 0 aliphatic carbocycles. The monoisotopic (exact) mass is 369 g/mol. The van der Waals surface area contributed by atoms with Gasteiger partial charge in [-0.15, -0.1) is 0 Å². The zero-order valence-corrected chi connectivity index (χ0v) is 16.4. The fourth-order valence-corrected chi connectivity index (χ4v) is 3.29. The van der Waals surface area contributed by atoms with Crippen LogP contribution < -0.4 is 19.5 Å². The van der Waals surface area contributed by atoms with Crippen LogP contribution in [-0.4, -0.2) is 25.2 Å². The Bertz CT molecular complexity index is 798. The molecule has 2 aromatic carbocycles. The second kappa shape index (κ2) is 7.91. The third-order valence-electron chi connectivity index (χ3n) is 4.71. The van der Waals surface area contributed by atoms with E-state index in [0.717, 1.165) is 23.5 Å². The molecule has 1 atom stereocenters. The number of carbonyl (C=O) groups is 1. The lowest BCUT2D eigenvalue weighted by Crippen LogP contribution is -2.42. The van der Waals surface area contributed by atoms with E-state index in [0.29, 0.717) is 12.2 Å². The van der Waals surface area contributed by atoms with Crippen molar-refractivity contribution >= 4 is 5.91 Å². The fourth-order valence-electron chi connectivity index (χ4n) is 3.29. The number of aryl methyl sites for hydroxylation is 1. The first-order valence-corrected chi connectivity index (χ1v) is 9.28. The number of hydrogen-bond donors (Lipinski definition) is 1. The molecule has 0 unspecified atom stereocenters. The maximum absolute atomic E-state index is 12.5. The van der Waals surface area contributed by atoms with Gasteiger partial charge in [0.15, 0.2) is 6.61 Å². The average Bonchev–Trinajstić information content (AvgIpc) is 2.65. The van der Waals surface area contributed by atoms with Gasteiger partial charge in [0.1, 0.15) is 22.8 Å². The Morgan fingerprint density at radius 1 is 1.19 bits per heavy atom. The van der Waals surface area contributed by atoms with E-state index in [4.69, 9.17) is 14.2 Å². The molecule has 5 heteroatoms. The van der Waals surface area contributed by atoms with E-state index in [9.17, 15) is 4.79 Å². The lowest BCUT2D eigenvalue weighted by molar-refractivity contribution is -0.124. The Balaban J connectivity index is 1.67. The maximum atomic E-state index is 12.5. The summed E-state index contributed by atoms with van der Waals surface area (Å²) >= 11 is 0. The Labute approximate surface area is 160 Å². The van der Waals surface area contributed by atoms with E-state index < -0.39 is 0 Å². The first-order valence-electron chi connectivity index (χ1n) is 9.28. The van der Waals surface area contributed by atoms with E-state index in [1.54, 1.807) is 7.11 Å². The molecule has 1 amide bonds. The highest BCUT2D eigenvalue weighted by atomic mass is 16.5. The number of nitrogens with one attached hydrogen (secondary N) is 1. The van der Waals surface area contributed by atoms with Gasteiger partial charge in [-0.05, 0) is 56.2 Å². The van der Waals surface area contributed by atoms with Crippen LogP contribution in [0.15, 0.2) is 42.5 Å². The molecule has 27 heavy (non-hydrogen) atoms. The van der Waals surface area contributed by atoms with Gasteiger partial charge in [0.05, 0.1) is 13.2 Å². The Hall–Kier alpha value is -2.69. The van der Waals surface area contributed by atoms with Crippen molar-refractivity contribution < 1.29 is 19.0 Å². The number of rotatable bonds is 6. The third kappa shape index (κ3) is 4.73. The quantitative estimate of drug-likeness (QED) is 0.834. The van der Waals surface area contributed by atoms with Crippen molar-refractivity contribution in [1.29, 1.82) is 0 Å². The zero-order chi connectivity index (χ0) is 19.4. The largest absolute Gasteiger partial charge is 0.497 e. The van der Waals surface area contributed by atoms with Crippen LogP contribution in [0.2, 0.25) is 0 Å². The van der Waals surface area contributed by atoms with Crippen LogP contribution >= 0.6 is 0 Å². The smallest absolute Gasteiger partial charge is 0.258 e. The lowest BCUT2D eigenvalue weighted by atomic mass is 9.89. The van der Waals surface area contributed by atoms with Crippen LogP contribution in [0.4, 0.5) is 0 Å². The maximum Gasteiger partial charge on any atom is 0.258 e. The van der Waals surface area contributed by atoms with Gasteiger partial charge in [0, 0.05) is 12.0 Å². The van der Waals surface area contributed by atoms with Crippen molar-refractivity contribution in [3.63, 3.8) is 0 Å². The first-order chi connectivity index (χ1) is 12.9. The molecule has 3 rings (SSSR count). The van der Waals surface area contributed by atoms with Crippen molar-refractivity contribution in [3.05, 3.63) is 53.6 Å². The third-order valence-corrected chi connectivity index (χ3v) is 4.71. The fraction of sp³-hybridized carbons (Fsp3) is 0.409. The summed E-state index contributed by atoms with van der Waals surface area (Å²) in [6.07, 6.45) is 1.65. The molecule has 0 saturated heterocycles. The van der Waals surface area contributed by atoms with Gasteiger partial charge in [-0.3, -0.25) is 4.79 Å². The summed E-state index contributed by atoms with van der Waals surface area (Å²) < 4.78 is 17.0. The van der Waals surface area contributed by atoms with Crippen LogP contribution in [0.1, 0.15) is 44.4 Å². The summed E-state index contributed by atoms with van der Waals surface area (Å²) in [5, 5.41) is 3.08. The highest BCUT2D eigenvalue weighted by Crippen LogP contribution is 2.41. The second-order valence-electron chi connectivity index (χ2n) is 7.38. The number of hydrogen-bond acceptors (Lipinski definition) is 4. The number of ether oxygens (including phenoxy) is 3. The normalized spacial score (nSPS) is 17.4. The van der Waals surface area contributed by atoms with Crippen molar-refractivity contribution in [2.24, 2.45) is 0 Å². The summed E-state index contributed by atoms with van der Waals surface area (Å²) in [7, 11) is 1.63. The summed E-state index contributed by atoms with van der Waals surface area (Å²) in [5.41, 5.74) is 1.80. The van der Waals surface area contributed by atoms with E-state index in [2.05, 4.69) is 12.2 Å². The van der Waals surface area contributed by atoms with Crippen LogP contribution in [0, 0.1) is 0 Å². The topological polar surface area (TPSA) is 56.8 Å². The molecule has 1 N–H and O–H groups in total. The highest BCUT2D eigenvalue weighted by Gasteiger charge is 2.34. The van der Waals surface area contributed by atoms with Crippen molar-refractivity contribution in [2.45, 2.75) is 45.3 Å². The molecule has 0 spiro atoms. The summed E-state index contributed by atoms with van der Waals surface area (Å²) in [4.78, 5) is 12.5. The number of amides is 1.